The standard InChI is InChI=1S/C27H22F4N2O3S/c28-18-4-1-3-16(13-18)15-9-11-26(12-10-15,23(34)19-5-2-6-20(19)24(35)36)33-25-32-21-8-7-17(27(29,30)31)14-22(21)37-25/h1,3-4,7-11,13-14,19-20H,2,5-6,12H2,(H,32,33)(H,35,36). The van der Waals surface area contributed by atoms with E-state index in [0.717, 1.165) is 23.5 Å². The van der Waals surface area contributed by atoms with Crippen molar-refractivity contribution in [3.8, 4) is 0 Å². The van der Waals surface area contributed by atoms with Gasteiger partial charge in [0, 0.05) is 12.3 Å². The molecule has 3 unspecified atom stereocenters. The van der Waals surface area contributed by atoms with Gasteiger partial charge in [0.05, 0.1) is 21.7 Å². The zero-order chi connectivity index (χ0) is 26.4. The van der Waals surface area contributed by atoms with E-state index < -0.39 is 40.9 Å². The van der Waals surface area contributed by atoms with Gasteiger partial charge in [0.25, 0.3) is 0 Å². The molecule has 1 heterocycles. The first-order chi connectivity index (χ1) is 17.6. The second-order valence-corrected chi connectivity index (χ2v) is 10.4. The Labute approximate surface area is 213 Å². The molecule has 2 aliphatic carbocycles. The van der Waals surface area contributed by atoms with E-state index in [-0.39, 0.29) is 17.3 Å². The number of hydrogen-bond donors (Lipinski definition) is 2. The fourth-order valence-electron chi connectivity index (χ4n) is 5.10. The zero-order valence-corrected chi connectivity index (χ0v) is 20.2. The smallest absolute Gasteiger partial charge is 0.416 e. The average molecular weight is 531 g/mol. The maximum atomic E-state index is 13.9. The van der Waals surface area contributed by atoms with Gasteiger partial charge in [-0.3, -0.25) is 9.59 Å². The Morgan fingerprint density at radius 1 is 1.11 bits per heavy atom. The molecule has 0 bridgehead atoms. The monoisotopic (exact) mass is 530 g/mol. The van der Waals surface area contributed by atoms with E-state index in [0.29, 0.717) is 40.6 Å². The van der Waals surface area contributed by atoms with Crippen molar-refractivity contribution in [2.24, 2.45) is 11.8 Å². The molecule has 5 nitrogen and oxygen atoms in total. The van der Waals surface area contributed by atoms with E-state index in [2.05, 4.69) is 10.3 Å². The van der Waals surface area contributed by atoms with E-state index in [1.165, 1.54) is 18.2 Å². The number of Topliss-reactive ketones (excluding diaryl/α,β-unsaturated/α-hetero) is 1. The highest BCUT2D eigenvalue weighted by Gasteiger charge is 2.47. The summed E-state index contributed by atoms with van der Waals surface area (Å²) in [7, 11) is 0. The van der Waals surface area contributed by atoms with Gasteiger partial charge in [-0.05, 0) is 54.3 Å². The number of halogens is 4. The fourth-order valence-corrected chi connectivity index (χ4v) is 6.09. The number of rotatable bonds is 6. The van der Waals surface area contributed by atoms with E-state index in [1.807, 2.05) is 0 Å². The number of allylic oxidation sites excluding steroid dienone is 2. The third kappa shape index (κ3) is 4.90. The van der Waals surface area contributed by atoms with Crippen molar-refractivity contribution >= 4 is 44.0 Å². The largest absolute Gasteiger partial charge is 0.481 e. The molecule has 1 aromatic heterocycles. The number of alkyl halides is 3. The van der Waals surface area contributed by atoms with Gasteiger partial charge in [-0.1, -0.05) is 48.1 Å². The van der Waals surface area contributed by atoms with Crippen LogP contribution in [0.3, 0.4) is 0 Å². The Bertz CT molecular complexity index is 1440. The number of benzene rings is 2. The number of carboxylic acid groups (broad SMARTS) is 1. The molecule has 0 saturated heterocycles. The molecule has 1 saturated carbocycles. The van der Waals surface area contributed by atoms with Gasteiger partial charge in [-0.15, -0.1) is 0 Å². The van der Waals surface area contributed by atoms with Crippen LogP contribution in [0.15, 0.2) is 60.7 Å². The first-order valence-corrected chi connectivity index (χ1v) is 12.6. The number of anilines is 1. The summed E-state index contributed by atoms with van der Waals surface area (Å²) in [5.74, 6) is -3.26. The molecular formula is C27H22F4N2O3S. The van der Waals surface area contributed by atoms with Crippen LogP contribution in [0.5, 0.6) is 0 Å². The van der Waals surface area contributed by atoms with Crippen molar-refractivity contribution in [3.05, 3.63) is 77.6 Å². The molecule has 37 heavy (non-hydrogen) atoms. The van der Waals surface area contributed by atoms with Crippen molar-refractivity contribution in [2.45, 2.75) is 37.4 Å². The highest BCUT2D eigenvalue weighted by molar-refractivity contribution is 7.22. The van der Waals surface area contributed by atoms with Gasteiger partial charge in [-0.25, -0.2) is 9.37 Å². The molecule has 3 aromatic rings. The molecule has 3 atom stereocenters. The quantitative estimate of drug-likeness (QED) is 0.346. The normalized spacial score (nSPS) is 23.7. The van der Waals surface area contributed by atoms with Crippen molar-refractivity contribution < 1.29 is 32.3 Å². The highest BCUT2D eigenvalue weighted by atomic mass is 32.1. The maximum absolute atomic E-state index is 13.9. The summed E-state index contributed by atoms with van der Waals surface area (Å²) in [4.78, 5) is 30.1. The Kier molecular flexibility index (Phi) is 6.39. The summed E-state index contributed by atoms with van der Waals surface area (Å²) in [6.45, 7) is 0. The van der Waals surface area contributed by atoms with Gasteiger partial charge >= 0.3 is 12.1 Å². The molecular weight excluding hydrogens is 508 g/mol. The van der Waals surface area contributed by atoms with Crippen molar-refractivity contribution in [1.82, 2.24) is 4.98 Å². The Morgan fingerprint density at radius 2 is 1.89 bits per heavy atom. The lowest BCUT2D eigenvalue weighted by Crippen LogP contribution is -2.49. The Hall–Kier alpha value is -3.53. The number of carboxylic acids is 1. The van der Waals surface area contributed by atoms with Gasteiger partial charge in [-0.2, -0.15) is 13.2 Å². The second-order valence-electron chi connectivity index (χ2n) is 9.35. The molecule has 0 amide bonds. The number of thiazole rings is 1. The van der Waals surface area contributed by atoms with Crippen LogP contribution in [-0.2, 0) is 15.8 Å². The minimum Gasteiger partial charge on any atom is -0.481 e. The molecule has 2 N–H and O–H groups in total. The Morgan fingerprint density at radius 3 is 2.57 bits per heavy atom. The summed E-state index contributed by atoms with van der Waals surface area (Å²) < 4.78 is 53.6. The topological polar surface area (TPSA) is 79.3 Å². The van der Waals surface area contributed by atoms with Crippen LogP contribution < -0.4 is 5.32 Å². The molecule has 2 aliphatic rings. The molecule has 1 fully saturated rings. The number of nitrogens with one attached hydrogen (secondary N) is 1. The number of carbonyl (C=O) groups is 2. The van der Waals surface area contributed by atoms with Gasteiger partial charge in [0.15, 0.2) is 10.9 Å². The van der Waals surface area contributed by atoms with Crippen LogP contribution >= 0.6 is 11.3 Å². The summed E-state index contributed by atoms with van der Waals surface area (Å²) >= 11 is 0.991. The van der Waals surface area contributed by atoms with Crippen molar-refractivity contribution in [3.63, 3.8) is 0 Å². The summed E-state index contributed by atoms with van der Waals surface area (Å²) in [6.07, 6.45) is 2.18. The molecule has 2 aromatic carbocycles. The predicted octanol–water partition coefficient (Wildman–Crippen LogP) is 6.72. The molecule has 10 heteroatoms. The number of carbonyl (C=O) groups excluding carboxylic acids is 1. The predicted molar refractivity (Wildman–Crippen MR) is 133 cm³/mol. The zero-order valence-electron chi connectivity index (χ0n) is 19.4. The summed E-state index contributed by atoms with van der Waals surface area (Å²) in [5.41, 5.74) is -0.466. The lowest BCUT2D eigenvalue weighted by atomic mass is 9.76. The molecule has 0 aliphatic heterocycles. The van der Waals surface area contributed by atoms with Crippen LogP contribution in [0.1, 0.15) is 36.8 Å². The van der Waals surface area contributed by atoms with Crippen molar-refractivity contribution in [1.29, 1.82) is 0 Å². The number of aromatic nitrogens is 1. The minimum absolute atomic E-state index is 0.140. The Balaban J connectivity index is 1.51. The van der Waals surface area contributed by atoms with E-state index >= 15 is 0 Å². The molecule has 5 rings (SSSR count). The number of fused-ring (bicyclic) bond motifs is 1. The summed E-state index contributed by atoms with van der Waals surface area (Å²) in [6, 6.07) is 9.28. The highest BCUT2D eigenvalue weighted by Crippen LogP contribution is 2.41. The third-order valence-corrected chi connectivity index (χ3v) is 7.94. The fraction of sp³-hybridized carbons (Fsp3) is 0.296. The summed E-state index contributed by atoms with van der Waals surface area (Å²) in [5, 5.41) is 13.1. The first kappa shape index (κ1) is 25.1. The minimum atomic E-state index is -4.50. The van der Waals surface area contributed by atoms with Crippen LogP contribution in [0, 0.1) is 17.7 Å². The third-order valence-electron chi connectivity index (χ3n) is 7.00. The van der Waals surface area contributed by atoms with Crippen LogP contribution in [-0.4, -0.2) is 27.4 Å². The van der Waals surface area contributed by atoms with E-state index in [9.17, 15) is 32.3 Å². The number of ketones is 1. The number of aliphatic carboxylic acids is 1. The average Bonchev–Trinajstić information content (AvgIpc) is 3.50. The van der Waals surface area contributed by atoms with Gasteiger partial charge in [0.2, 0.25) is 0 Å². The second kappa shape index (κ2) is 9.41. The van der Waals surface area contributed by atoms with Crippen LogP contribution in [0.4, 0.5) is 22.7 Å². The SMILES string of the molecule is O=C(O)C1CCCC1C(=O)C1(Nc2nc3ccc(C(F)(F)F)cc3s2)C=CC(c2cccc(F)c2)=CC1. The van der Waals surface area contributed by atoms with Crippen molar-refractivity contribution in [2.75, 3.05) is 5.32 Å². The molecule has 0 radical (unpaired) electrons. The first-order valence-electron chi connectivity index (χ1n) is 11.7. The van der Waals surface area contributed by atoms with E-state index in [1.54, 1.807) is 30.4 Å². The van der Waals surface area contributed by atoms with Gasteiger partial charge in [0.1, 0.15) is 11.4 Å². The number of hydrogen-bond acceptors (Lipinski definition) is 5. The van der Waals surface area contributed by atoms with Crippen LogP contribution in [0.2, 0.25) is 0 Å². The molecule has 192 valence electrons. The van der Waals surface area contributed by atoms with Gasteiger partial charge < -0.3 is 10.4 Å². The van der Waals surface area contributed by atoms with Crippen LogP contribution in [0.25, 0.3) is 15.8 Å². The lowest BCUT2D eigenvalue weighted by molar-refractivity contribution is -0.146. The van der Waals surface area contributed by atoms with E-state index in [4.69, 9.17) is 0 Å². The maximum Gasteiger partial charge on any atom is 0.416 e. The molecule has 0 spiro atoms. The lowest BCUT2D eigenvalue weighted by Gasteiger charge is -2.35. The number of nitrogens with zero attached hydrogens (tertiary/aromatic N) is 1.